The van der Waals surface area contributed by atoms with E-state index in [1.807, 2.05) is 19.1 Å². The SMILES string of the molecule is CCc1ccc(C(Cl)=C(C)C#N)o1. The zero-order valence-corrected chi connectivity index (χ0v) is 8.35. The van der Waals surface area contributed by atoms with Gasteiger partial charge in [-0.15, -0.1) is 0 Å². The van der Waals surface area contributed by atoms with Gasteiger partial charge in [-0.3, -0.25) is 0 Å². The first-order chi connectivity index (χ1) is 6.19. The molecule has 0 spiro atoms. The lowest BCUT2D eigenvalue weighted by Crippen LogP contribution is -1.76. The van der Waals surface area contributed by atoms with E-state index in [9.17, 15) is 0 Å². The Morgan fingerprint density at radius 3 is 2.77 bits per heavy atom. The summed E-state index contributed by atoms with van der Waals surface area (Å²) in [7, 11) is 0. The largest absolute Gasteiger partial charge is 0.460 e. The first-order valence-electron chi connectivity index (χ1n) is 4.04. The number of halogens is 1. The number of hydrogen-bond donors (Lipinski definition) is 0. The highest BCUT2D eigenvalue weighted by atomic mass is 35.5. The molecule has 0 aliphatic heterocycles. The van der Waals surface area contributed by atoms with Crippen molar-refractivity contribution in [1.29, 1.82) is 5.26 Å². The summed E-state index contributed by atoms with van der Waals surface area (Å²) in [6.45, 7) is 3.66. The van der Waals surface area contributed by atoms with Crippen LogP contribution >= 0.6 is 11.6 Å². The Balaban J connectivity index is 3.04. The Hall–Kier alpha value is -1.20. The summed E-state index contributed by atoms with van der Waals surface area (Å²) >= 11 is 5.89. The Bertz CT molecular complexity index is 371. The molecular formula is C10H10ClNO. The molecule has 0 bridgehead atoms. The van der Waals surface area contributed by atoms with E-state index >= 15 is 0 Å². The molecule has 0 fully saturated rings. The van der Waals surface area contributed by atoms with E-state index in [4.69, 9.17) is 21.3 Å². The molecule has 0 radical (unpaired) electrons. The quantitative estimate of drug-likeness (QED) is 0.679. The summed E-state index contributed by atoms with van der Waals surface area (Å²) in [6, 6.07) is 5.62. The van der Waals surface area contributed by atoms with Gasteiger partial charge in [-0.1, -0.05) is 18.5 Å². The number of nitrogens with zero attached hydrogens (tertiary/aromatic N) is 1. The van der Waals surface area contributed by atoms with Crippen molar-refractivity contribution in [3.8, 4) is 6.07 Å². The van der Waals surface area contributed by atoms with Gasteiger partial charge in [0.15, 0.2) is 0 Å². The molecule has 1 aromatic heterocycles. The fraction of sp³-hybridized carbons (Fsp3) is 0.300. The van der Waals surface area contributed by atoms with Crippen LogP contribution < -0.4 is 0 Å². The molecule has 0 unspecified atom stereocenters. The molecule has 13 heavy (non-hydrogen) atoms. The van der Waals surface area contributed by atoms with Gasteiger partial charge in [-0.25, -0.2) is 0 Å². The number of allylic oxidation sites excluding steroid dienone is 1. The second-order valence-corrected chi connectivity index (χ2v) is 3.05. The van der Waals surface area contributed by atoms with Gasteiger partial charge in [0.1, 0.15) is 11.5 Å². The molecule has 0 atom stereocenters. The Kier molecular flexibility index (Phi) is 3.16. The van der Waals surface area contributed by atoms with Crippen LogP contribution in [-0.4, -0.2) is 0 Å². The van der Waals surface area contributed by atoms with Crippen LogP contribution in [0.5, 0.6) is 0 Å². The lowest BCUT2D eigenvalue weighted by molar-refractivity contribution is 0.506. The molecule has 0 saturated carbocycles. The zero-order chi connectivity index (χ0) is 9.84. The predicted octanol–water partition coefficient (Wildman–Crippen LogP) is 3.34. The fourth-order valence-corrected chi connectivity index (χ4v) is 1.06. The van der Waals surface area contributed by atoms with E-state index in [1.165, 1.54) is 0 Å². The summed E-state index contributed by atoms with van der Waals surface area (Å²) in [6.07, 6.45) is 0.829. The van der Waals surface area contributed by atoms with Crippen molar-refractivity contribution in [3.63, 3.8) is 0 Å². The highest BCUT2D eigenvalue weighted by molar-refractivity contribution is 6.49. The maximum absolute atomic E-state index is 8.60. The van der Waals surface area contributed by atoms with Crippen molar-refractivity contribution >= 4 is 16.6 Å². The van der Waals surface area contributed by atoms with Crippen molar-refractivity contribution in [3.05, 3.63) is 29.2 Å². The third kappa shape index (κ3) is 2.13. The standard InChI is InChI=1S/C10H10ClNO/c1-3-8-4-5-9(13-8)10(11)7(2)6-12/h4-5H,3H2,1-2H3. The van der Waals surface area contributed by atoms with Gasteiger partial charge >= 0.3 is 0 Å². The normalized spacial score (nSPS) is 12.2. The molecule has 68 valence electrons. The summed E-state index contributed by atoms with van der Waals surface area (Å²) < 4.78 is 5.38. The van der Waals surface area contributed by atoms with Gasteiger partial charge < -0.3 is 4.42 Å². The summed E-state index contributed by atoms with van der Waals surface area (Å²) in [4.78, 5) is 0. The molecule has 0 aliphatic rings. The summed E-state index contributed by atoms with van der Waals surface area (Å²) in [5.74, 6) is 1.44. The van der Waals surface area contributed by atoms with Gasteiger partial charge in [0, 0.05) is 12.0 Å². The number of furan rings is 1. The van der Waals surface area contributed by atoms with Crippen LogP contribution in [0.3, 0.4) is 0 Å². The van der Waals surface area contributed by atoms with Gasteiger partial charge in [-0.2, -0.15) is 5.26 Å². The van der Waals surface area contributed by atoms with E-state index in [-0.39, 0.29) is 0 Å². The van der Waals surface area contributed by atoms with Crippen LogP contribution in [0.15, 0.2) is 22.1 Å². The van der Waals surface area contributed by atoms with Gasteiger partial charge in [0.25, 0.3) is 0 Å². The van der Waals surface area contributed by atoms with E-state index < -0.39 is 0 Å². The molecule has 1 rings (SSSR count). The van der Waals surface area contributed by atoms with Crippen LogP contribution in [-0.2, 0) is 6.42 Å². The highest BCUT2D eigenvalue weighted by Gasteiger charge is 2.07. The minimum absolute atomic E-state index is 0.391. The molecule has 0 amide bonds. The first kappa shape index (κ1) is 9.88. The molecule has 0 aliphatic carbocycles. The number of rotatable bonds is 2. The number of nitriles is 1. The summed E-state index contributed by atoms with van der Waals surface area (Å²) in [5, 5.41) is 8.99. The molecule has 1 aromatic rings. The van der Waals surface area contributed by atoms with Crippen molar-refractivity contribution in [1.82, 2.24) is 0 Å². The number of hydrogen-bond acceptors (Lipinski definition) is 2. The lowest BCUT2D eigenvalue weighted by atomic mass is 10.2. The van der Waals surface area contributed by atoms with E-state index in [2.05, 4.69) is 0 Å². The van der Waals surface area contributed by atoms with Crippen LogP contribution in [0.25, 0.3) is 5.03 Å². The molecule has 0 aromatic carbocycles. The third-order valence-electron chi connectivity index (χ3n) is 1.72. The van der Waals surface area contributed by atoms with E-state index in [1.54, 1.807) is 13.0 Å². The molecule has 0 saturated heterocycles. The number of aryl methyl sites for hydroxylation is 1. The lowest BCUT2D eigenvalue weighted by Gasteiger charge is -1.94. The Morgan fingerprint density at radius 1 is 1.62 bits per heavy atom. The maximum Gasteiger partial charge on any atom is 0.146 e. The zero-order valence-electron chi connectivity index (χ0n) is 7.60. The molecule has 0 N–H and O–H groups in total. The van der Waals surface area contributed by atoms with E-state index in [0.717, 1.165) is 12.2 Å². The van der Waals surface area contributed by atoms with Crippen LogP contribution in [0, 0.1) is 11.3 Å². The topological polar surface area (TPSA) is 36.9 Å². The molecule has 2 nitrogen and oxygen atoms in total. The average molecular weight is 196 g/mol. The van der Waals surface area contributed by atoms with Crippen LogP contribution in [0.4, 0.5) is 0 Å². The molecule has 1 heterocycles. The monoisotopic (exact) mass is 195 g/mol. The minimum Gasteiger partial charge on any atom is -0.460 e. The third-order valence-corrected chi connectivity index (χ3v) is 2.19. The van der Waals surface area contributed by atoms with Crippen molar-refractivity contribution < 1.29 is 4.42 Å². The average Bonchev–Trinajstić information content (AvgIpc) is 2.63. The molecule has 3 heteroatoms. The van der Waals surface area contributed by atoms with Gasteiger partial charge in [-0.05, 0) is 19.1 Å². The molecular weight excluding hydrogens is 186 g/mol. The van der Waals surface area contributed by atoms with E-state index in [0.29, 0.717) is 16.4 Å². The van der Waals surface area contributed by atoms with Crippen LogP contribution in [0.2, 0.25) is 0 Å². The Morgan fingerprint density at radius 2 is 2.31 bits per heavy atom. The smallest absolute Gasteiger partial charge is 0.146 e. The summed E-state index contributed by atoms with van der Waals surface area (Å²) in [5.41, 5.74) is 0.471. The van der Waals surface area contributed by atoms with Gasteiger partial charge in [0.2, 0.25) is 0 Å². The maximum atomic E-state index is 8.60. The van der Waals surface area contributed by atoms with Crippen molar-refractivity contribution in [2.75, 3.05) is 0 Å². The van der Waals surface area contributed by atoms with Crippen LogP contribution in [0.1, 0.15) is 25.4 Å². The highest BCUT2D eigenvalue weighted by Crippen LogP contribution is 2.24. The second-order valence-electron chi connectivity index (χ2n) is 2.67. The van der Waals surface area contributed by atoms with Crippen molar-refractivity contribution in [2.24, 2.45) is 0 Å². The predicted molar refractivity (Wildman–Crippen MR) is 52.1 cm³/mol. The minimum atomic E-state index is 0.391. The second kappa shape index (κ2) is 4.15. The fourth-order valence-electron chi connectivity index (χ4n) is 0.920. The van der Waals surface area contributed by atoms with Gasteiger partial charge in [0.05, 0.1) is 11.1 Å². The first-order valence-corrected chi connectivity index (χ1v) is 4.42. The Labute approximate surface area is 82.4 Å². The van der Waals surface area contributed by atoms with Crippen molar-refractivity contribution in [2.45, 2.75) is 20.3 Å².